The first-order valence-corrected chi connectivity index (χ1v) is 9.21. The van der Waals surface area contributed by atoms with E-state index in [4.69, 9.17) is 9.40 Å². The van der Waals surface area contributed by atoms with Gasteiger partial charge in [-0.1, -0.05) is 30.3 Å². The highest BCUT2D eigenvalue weighted by Gasteiger charge is 2.20. The van der Waals surface area contributed by atoms with Gasteiger partial charge in [-0.2, -0.15) is 0 Å². The highest BCUT2D eigenvalue weighted by Crippen LogP contribution is 2.36. The topological polar surface area (TPSA) is 82.5 Å². The SMILES string of the molecule is Cc1ccc2c(n1)oc1c(-c3nc4nnncc4n3-c3ccccc3)cccc12. The number of pyridine rings is 1. The maximum atomic E-state index is 6.19. The molecule has 0 bridgehead atoms. The number of nitrogens with zero attached hydrogens (tertiary/aromatic N) is 6. The van der Waals surface area contributed by atoms with Crippen molar-refractivity contribution in [2.45, 2.75) is 6.92 Å². The van der Waals surface area contributed by atoms with Crippen LogP contribution in [0.3, 0.4) is 0 Å². The maximum absolute atomic E-state index is 6.19. The fraction of sp³-hybridized carbons (Fsp3) is 0.0455. The summed E-state index contributed by atoms with van der Waals surface area (Å²) in [5, 5.41) is 13.8. The summed E-state index contributed by atoms with van der Waals surface area (Å²) in [6.07, 6.45) is 1.68. The van der Waals surface area contributed by atoms with Gasteiger partial charge in [0.1, 0.15) is 11.1 Å². The lowest BCUT2D eigenvalue weighted by Crippen LogP contribution is -1.98. The Morgan fingerprint density at radius 3 is 2.66 bits per heavy atom. The van der Waals surface area contributed by atoms with Crippen molar-refractivity contribution in [2.75, 3.05) is 0 Å². The van der Waals surface area contributed by atoms with Crippen molar-refractivity contribution in [2.24, 2.45) is 0 Å². The zero-order valence-electron chi connectivity index (χ0n) is 15.4. The number of furan rings is 1. The molecule has 0 aliphatic heterocycles. The molecule has 6 aromatic rings. The average Bonchev–Trinajstić information content (AvgIpc) is 3.32. The molecule has 0 aliphatic rings. The summed E-state index contributed by atoms with van der Waals surface area (Å²) in [6, 6.07) is 20.1. The first-order chi connectivity index (χ1) is 14.3. The van der Waals surface area contributed by atoms with E-state index in [1.54, 1.807) is 6.20 Å². The summed E-state index contributed by atoms with van der Waals surface area (Å²) in [6.45, 7) is 1.95. The molecular formula is C22H14N6O. The van der Waals surface area contributed by atoms with Gasteiger partial charge < -0.3 is 4.42 Å². The summed E-state index contributed by atoms with van der Waals surface area (Å²) in [4.78, 5) is 9.31. The number of benzene rings is 2. The van der Waals surface area contributed by atoms with Gasteiger partial charge in [-0.3, -0.25) is 4.57 Å². The minimum atomic E-state index is 0.529. The molecule has 0 radical (unpaired) electrons. The van der Waals surface area contributed by atoms with Crippen molar-refractivity contribution in [1.29, 1.82) is 0 Å². The van der Waals surface area contributed by atoms with Crippen LogP contribution < -0.4 is 0 Å². The molecule has 6 rings (SSSR count). The summed E-state index contributed by atoms with van der Waals surface area (Å²) in [5.41, 5.74) is 5.41. The van der Waals surface area contributed by atoms with Crippen LogP contribution in [-0.4, -0.2) is 29.9 Å². The maximum Gasteiger partial charge on any atom is 0.227 e. The van der Waals surface area contributed by atoms with E-state index in [1.165, 1.54) is 0 Å². The zero-order chi connectivity index (χ0) is 19.4. The van der Waals surface area contributed by atoms with Gasteiger partial charge >= 0.3 is 0 Å². The molecule has 0 aliphatic carbocycles. The van der Waals surface area contributed by atoms with Crippen LogP contribution in [0.15, 0.2) is 71.3 Å². The van der Waals surface area contributed by atoms with Crippen molar-refractivity contribution < 1.29 is 4.42 Å². The molecule has 0 unspecified atom stereocenters. The number of imidazole rings is 1. The fourth-order valence-electron chi connectivity index (χ4n) is 3.73. The van der Waals surface area contributed by atoms with Crippen LogP contribution in [-0.2, 0) is 0 Å². The van der Waals surface area contributed by atoms with Crippen LogP contribution in [0.5, 0.6) is 0 Å². The molecule has 0 saturated carbocycles. The quantitative estimate of drug-likeness (QED) is 0.442. The second-order valence-corrected chi connectivity index (χ2v) is 6.84. The molecule has 2 aromatic carbocycles. The molecule has 0 N–H and O–H groups in total. The lowest BCUT2D eigenvalue weighted by Gasteiger charge is -2.09. The molecule has 4 aromatic heterocycles. The van der Waals surface area contributed by atoms with Gasteiger partial charge in [0.25, 0.3) is 0 Å². The van der Waals surface area contributed by atoms with E-state index in [9.17, 15) is 0 Å². The molecule has 0 amide bonds. The van der Waals surface area contributed by atoms with Crippen LogP contribution in [0.1, 0.15) is 5.69 Å². The van der Waals surface area contributed by atoms with Gasteiger partial charge in [0, 0.05) is 22.2 Å². The highest BCUT2D eigenvalue weighted by atomic mass is 16.3. The van der Waals surface area contributed by atoms with Crippen LogP contribution in [0.25, 0.3) is 50.3 Å². The third-order valence-corrected chi connectivity index (χ3v) is 5.02. The van der Waals surface area contributed by atoms with E-state index >= 15 is 0 Å². The summed E-state index contributed by atoms with van der Waals surface area (Å²) >= 11 is 0. The van der Waals surface area contributed by atoms with Crippen LogP contribution in [0, 0.1) is 6.92 Å². The number of aryl methyl sites for hydroxylation is 1. The van der Waals surface area contributed by atoms with Gasteiger partial charge in [0.15, 0.2) is 5.82 Å². The number of para-hydroxylation sites is 2. The smallest absolute Gasteiger partial charge is 0.227 e. The van der Waals surface area contributed by atoms with Gasteiger partial charge in [-0.05, 0) is 42.5 Å². The predicted molar refractivity (Wildman–Crippen MR) is 110 cm³/mol. The largest absolute Gasteiger partial charge is 0.437 e. The second-order valence-electron chi connectivity index (χ2n) is 6.84. The lowest BCUT2D eigenvalue weighted by atomic mass is 10.1. The van der Waals surface area contributed by atoms with Crippen LogP contribution >= 0.6 is 0 Å². The Hall–Kier alpha value is -4.13. The zero-order valence-corrected chi connectivity index (χ0v) is 15.4. The van der Waals surface area contributed by atoms with E-state index in [-0.39, 0.29) is 0 Å². The molecule has 0 saturated heterocycles. The first kappa shape index (κ1) is 15.9. The summed E-state index contributed by atoms with van der Waals surface area (Å²) < 4.78 is 8.22. The third-order valence-electron chi connectivity index (χ3n) is 5.02. The van der Waals surface area contributed by atoms with E-state index in [0.717, 1.165) is 44.6 Å². The molecule has 0 fully saturated rings. The Morgan fingerprint density at radius 1 is 0.862 bits per heavy atom. The first-order valence-electron chi connectivity index (χ1n) is 9.21. The minimum Gasteiger partial charge on any atom is -0.437 e. The van der Waals surface area contributed by atoms with Gasteiger partial charge in [-0.25, -0.2) is 9.97 Å². The Balaban J connectivity index is 1.73. The van der Waals surface area contributed by atoms with Gasteiger partial charge in [0.05, 0.1) is 11.8 Å². The highest BCUT2D eigenvalue weighted by molar-refractivity contribution is 6.08. The van der Waals surface area contributed by atoms with Crippen LogP contribution in [0.4, 0.5) is 0 Å². The second kappa shape index (κ2) is 5.93. The average molecular weight is 378 g/mol. The molecule has 0 atom stereocenters. The molecular weight excluding hydrogens is 364 g/mol. The van der Waals surface area contributed by atoms with E-state index in [1.807, 2.05) is 72.2 Å². The number of aromatic nitrogens is 6. The third kappa shape index (κ3) is 2.34. The monoisotopic (exact) mass is 378 g/mol. The Morgan fingerprint density at radius 2 is 1.76 bits per heavy atom. The molecule has 4 heterocycles. The number of rotatable bonds is 2. The summed E-state index contributed by atoms with van der Waals surface area (Å²) in [5.74, 6) is 0.717. The van der Waals surface area contributed by atoms with Gasteiger partial charge in [0.2, 0.25) is 11.4 Å². The van der Waals surface area contributed by atoms with Gasteiger partial charge in [-0.15, -0.1) is 10.2 Å². The van der Waals surface area contributed by atoms with E-state index in [2.05, 4.69) is 20.4 Å². The van der Waals surface area contributed by atoms with E-state index in [0.29, 0.717) is 11.4 Å². The normalized spacial score (nSPS) is 11.6. The summed E-state index contributed by atoms with van der Waals surface area (Å²) in [7, 11) is 0. The molecule has 138 valence electrons. The van der Waals surface area contributed by atoms with Crippen molar-refractivity contribution in [1.82, 2.24) is 29.9 Å². The number of hydrogen-bond acceptors (Lipinski definition) is 6. The number of fused-ring (bicyclic) bond motifs is 4. The van der Waals surface area contributed by atoms with Crippen molar-refractivity contribution >= 4 is 33.2 Å². The standard InChI is InChI=1S/C22H14N6O/c1-13-10-11-16-15-8-5-9-17(19(15)29-22(16)24-13)21-25-20-18(12-23-27-26-20)28(21)14-6-3-2-4-7-14/h2-12H,1H3. The fourth-order valence-corrected chi connectivity index (χ4v) is 3.73. The van der Waals surface area contributed by atoms with Crippen molar-refractivity contribution in [3.8, 4) is 17.1 Å². The molecule has 29 heavy (non-hydrogen) atoms. The Kier molecular flexibility index (Phi) is 3.25. The van der Waals surface area contributed by atoms with Crippen molar-refractivity contribution in [3.05, 3.63) is 72.6 Å². The Bertz CT molecular complexity index is 1520. The molecule has 7 nitrogen and oxygen atoms in total. The van der Waals surface area contributed by atoms with Crippen LogP contribution in [0.2, 0.25) is 0 Å². The molecule has 0 spiro atoms. The Labute approximate surface area is 164 Å². The molecule has 7 heteroatoms. The lowest BCUT2D eigenvalue weighted by molar-refractivity contribution is 0.653. The van der Waals surface area contributed by atoms with E-state index < -0.39 is 0 Å². The number of hydrogen-bond donors (Lipinski definition) is 0. The van der Waals surface area contributed by atoms with Crippen molar-refractivity contribution in [3.63, 3.8) is 0 Å². The minimum absolute atomic E-state index is 0.529. The predicted octanol–water partition coefficient (Wildman–Crippen LogP) is 4.48.